The summed E-state index contributed by atoms with van der Waals surface area (Å²) in [6.07, 6.45) is 7.12. The van der Waals surface area contributed by atoms with Gasteiger partial charge in [0.25, 0.3) is 5.91 Å². The summed E-state index contributed by atoms with van der Waals surface area (Å²) in [4.78, 5) is 25.3. The molecule has 0 aliphatic heterocycles. The Bertz CT molecular complexity index is 1060. The van der Waals surface area contributed by atoms with Gasteiger partial charge in [0.2, 0.25) is 5.91 Å². The van der Waals surface area contributed by atoms with Crippen molar-refractivity contribution in [3.05, 3.63) is 59.2 Å². The summed E-state index contributed by atoms with van der Waals surface area (Å²) in [5.41, 5.74) is 3.00. The molecule has 194 valence electrons. The van der Waals surface area contributed by atoms with Crippen LogP contribution in [0.4, 0.5) is 5.69 Å². The maximum Gasteiger partial charge on any atom is 0.251 e. The molecule has 0 aromatic heterocycles. The fraction of sp³-hybridized carbons (Fsp3) is 0.483. The zero-order chi connectivity index (χ0) is 26.1. The van der Waals surface area contributed by atoms with Crippen molar-refractivity contribution < 1.29 is 14.3 Å². The number of benzene rings is 2. The Labute approximate surface area is 220 Å². The van der Waals surface area contributed by atoms with Crippen LogP contribution in [0.2, 0.25) is 0 Å². The standard InChI is InChI=1S/C29H39N3O3S/c1-20-11-12-21(2)25(19-20)35-18-8-17-29(3,4)27(34)32-28(36)31-24-15-13-22(14-16-24)26(33)30-23-9-6-5-7-10-23/h11-16,19,23H,5-10,17-18H2,1-4H3,(H,30,33)(H2,31,32,34,36). The third-order valence-electron chi connectivity index (χ3n) is 6.73. The molecule has 0 radical (unpaired) electrons. The quantitative estimate of drug-likeness (QED) is 0.283. The minimum absolute atomic E-state index is 0.0485. The molecule has 1 fully saturated rings. The van der Waals surface area contributed by atoms with Gasteiger partial charge < -0.3 is 20.7 Å². The van der Waals surface area contributed by atoms with Gasteiger partial charge in [0, 0.05) is 22.7 Å². The monoisotopic (exact) mass is 509 g/mol. The van der Waals surface area contributed by atoms with Gasteiger partial charge in [-0.2, -0.15) is 0 Å². The minimum atomic E-state index is -0.599. The number of rotatable bonds is 9. The van der Waals surface area contributed by atoms with Gasteiger partial charge in [0.05, 0.1) is 6.61 Å². The van der Waals surface area contributed by atoms with Gasteiger partial charge in [-0.05, 0) is 93.2 Å². The largest absolute Gasteiger partial charge is 0.493 e. The fourth-order valence-electron chi connectivity index (χ4n) is 4.33. The second kappa shape index (κ2) is 12.9. The smallest absolute Gasteiger partial charge is 0.251 e. The van der Waals surface area contributed by atoms with Crippen molar-refractivity contribution in [2.24, 2.45) is 5.41 Å². The van der Waals surface area contributed by atoms with Gasteiger partial charge in [0.15, 0.2) is 5.11 Å². The van der Waals surface area contributed by atoms with E-state index in [2.05, 4.69) is 28.1 Å². The normalized spacial score (nSPS) is 14.1. The highest BCUT2D eigenvalue weighted by Gasteiger charge is 2.28. The fourth-order valence-corrected chi connectivity index (χ4v) is 4.54. The van der Waals surface area contributed by atoms with Crippen LogP contribution in [0.3, 0.4) is 0 Å². The maximum absolute atomic E-state index is 12.8. The predicted molar refractivity (Wildman–Crippen MR) is 150 cm³/mol. The molecule has 2 aromatic carbocycles. The predicted octanol–water partition coefficient (Wildman–Crippen LogP) is 6.06. The summed E-state index contributed by atoms with van der Waals surface area (Å²) in [7, 11) is 0. The highest BCUT2D eigenvalue weighted by molar-refractivity contribution is 7.80. The molecular weight excluding hydrogens is 470 g/mol. The van der Waals surface area contributed by atoms with E-state index in [0.717, 1.165) is 36.1 Å². The first-order valence-corrected chi connectivity index (χ1v) is 13.3. The molecule has 0 unspecified atom stereocenters. The molecule has 3 N–H and O–H groups in total. The second-order valence-electron chi connectivity index (χ2n) is 10.4. The number of carbonyl (C=O) groups excluding carboxylic acids is 2. The molecule has 2 amide bonds. The van der Waals surface area contributed by atoms with Crippen molar-refractivity contribution in [1.82, 2.24) is 10.6 Å². The average molecular weight is 510 g/mol. The van der Waals surface area contributed by atoms with E-state index < -0.39 is 5.41 Å². The molecule has 7 heteroatoms. The summed E-state index contributed by atoms with van der Waals surface area (Å²) < 4.78 is 5.92. The summed E-state index contributed by atoms with van der Waals surface area (Å²) in [6.45, 7) is 8.43. The molecule has 2 aromatic rings. The van der Waals surface area contributed by atoms with Crippen molar-refractivity contribution in [2.75, 3.05) is 11.9 Å². The van der Waals surface area contributed by atoms with Gasteiger partial charge in [-0.1, -0.05) is 45.2 Å². The van der Waals surface area contributed by atoms with Crippen LogP contribution in [0.1, 0.15) is 80.3 Å². The van der Waals surface area contributed by atoms with Crippen LogP contribution >= 0.6 is 12.2 Å². The van der Waals surface area contributed by atoms with Crippen molar-refractivity contribution in [3.63, 3.8) is 0 Å². The highest BCUT2D eigenvalue weighted by atomic mass is 32.1. The van der Waals surface area contributed by atoms with E-state index in [1.165, 1.54) is 19.3 Å². The van der Waals surface area contributed by atoms with Crippen LogP contribution in [0.5, 0.6) is 5.75 Å². The van der Waals surface area contributed by atoms with Gasteiger partial charge in [-0.25, -0.2) is 0 Å². The number of aryl methyl sites for hydroxylation is 2. The Balaban J connectivity index is 1.42. The Kier molecular flexibility index (Phi) is 9.88. The van der Waals surface area contributed by atoms with Gasteiger partial charge in [0.1, 0.15) is 5.75 Å². The Morgan fingerprint density at radius 3 is 2.42 bits per heavy atom. The number of nitrogens with one attached hydrogen (secondary N) is 3. The molecule has 0 heterocycles. The van der Waals surface area contributed by atoms with Crippen molar-refractivity contribution in [1.29, 1.82) is 0 Å². The molecule has 6 nitrogen and oxygen atoms in total. The first-order valence-electron chi connectivity index (χ1n) is 12.9. The molecule has 1 saturated carbocycles. The van der Waals surface area contributed by atoms with Gasteiger partial charge >= 0.3 is 0 Å². The molecule has 1 aliphatic carbocycles. The van der Waals surface area contributed by atoms with Gasteiger partial charge in [-0.15, -0.1) is 0 Å². The van der Waals surface area contributed by atoms with Crippen LogP contribution in [0.25, 0.3) is 0 Å². The molecule has 1 aliphatic rings. The Hall–Kier alpha value is -2.93. The van der Waals surface area contributed by atoms with E-state index in [4.69, 9.17) is 17.0 Å². The van der Waals surface area contributed by atoms with E-state index in [9.17, 15) is 9.59 Å². The number of thiocarbonyl (C=S) groups is 1. The Morgan fingerprint density at radius 2 is 1.72 bits per heavy atom. The van der Waals surface area contributed by atoms with Crippen LogP contribution in [-0.2, 0) is 4.79 Å². The molecular formula is C29H39N3O3S. The zero-order valence-corrected chi connectivity index (χ0v) is 22.7. The SMILES string of the molecule is Cc1ccc(C)c(OCCCC(C)(C)C(=O)NC(=S)Nc2ccc(C(=O)NC3CCCCC3)cc2)c1. The first kappa shape index (κ1) is 27.7. The number of carbonyl (C=O) groups is 2. The summed E-state index contributed by atoms with van der Waals surface area (Å²) in [5, 5.41) is 9.19. The molecule has 0 atom stereocenters. The highest BCUT2D eigenvalue weighted by Crippen LogP contribution is 2.24. The lowest BCUT2D eigenvalue weighted by Crippen LogP contribution is -2.42. The van der Waals surface area contributed by atoms with Crippen LogP contribution < -0.4 is 20.7 Å². The van der Waals surface area contributed by atoms with Crippen molar-refractivity contribution in [2.45, 2.75) is 78.7 Å². The molecule has 0 saturated heterocycles. The maximum atomic E-state index is 12.8. The van der Waals surface area contributed by atoms with Crippen molar-refractivity contribution in [3.8, 4) is 5.75 Å². The number of hydrogen-bond donors (Lipinski definition) is 3. The van der Waals surface area contributed by atoms with E-state index in [1.807, 2.05) is 33.8 Å². The lowest BCUT2D eigenvalue weighted by atomic mass is 9.87. The van der Waals surface area contributed by atoms with E-state index in [-0.39, 0.29) is 23.0 Å². The number of hydrogen-bond acceptors (Lipinski definition) is 4. The average Bonchev–Trinajstić information content (AvgIpc) is 2.84. The number of ether oxygens (including phenoxy) is 1. The summed E-state index contributed by atoms with van der Waals surface area (Å²) in [6, 6.07) is 13.6. The molecule has 3 rings (SSSR count). The lowest BCUT2D eigenvalue weighted by Gasteiger charge is -2.24. The minimum Gasteiger partial charge on any atom is -0.493 e. The van der Waals surface area contributed by atoms with Crippen LogP contribution in [0, 0.1) is 19.3 Å². The number of amides is 2. The second-order valence-corrected chi connectivity index (χ2v) is 10.8. The zero-order valence-electron chi connectivity index (χ0n) is 21.9. The summed E-state index contributed by atoms with van der Waals surface area (Å²) in [5.74, 6) is 0.697. The first-order chi connectivity index (χ1) is 17.1. The van der Waals surface area contributed by atoms with Gasteiger partial charge in [-0.3, -0.25) is 9.59 Å². The summed E-state index contributed by atoms with van der Waals surface area (Å²) >= 11 is 5.35. The molecule has 0 bridgehead atoms. The van der Waals surface area contributed by atoms with E-state index in [0.29, 0.717) is 24.3 Å². The van der Waals surface area contributed by atoms with E-state index in [1.54, 1.807) is 24.3 Å². The topological polar surface area (TPSA) is 79.5 Å². The third-order valence-corrected chi connectivity index (χ3v) is 6.94. The Morgan fingerprint density at radius 1 is 1.03 bits per heavy atom. The van der Waals surface area contributed by atoms with Crippen molar-refractivity contribution >= 4 is 34.8 Å². The molecule has 36 heavy (non-hydrogen) atoms. The van der Waals surface area contributed by atoms with E-state index >= 15 is 0 Å². The lowest BCUT2D eigenvalue weighted by molar-refractivity contribution is -0.128. The van der Waals surface area contributed by atoms with Crippen LogP contribution in [0.15, 0.2) is 42.5 Å². The van der Waals surface area contributed by atoms with Crippen LogP contribution in [-0.4, -0.2) is 29.6 Å². The number of anilines is 1. The molecule has 0 spiro atoms. The third kappa shape index (κ3) is 8.33.